The van der Waals surface area contributed by atoms with Crippen LogP contribution in [0.25, 0.3) is 6.08 Å². The summed E-state index contributed by atoms with van der Waals surface area (Å²) in [7, 11) is 1.77. The van der Waals surface area contributed by atoms with Crippen LogP contribution in [0.1, 0.15) is 11.3 Å². The standard InChI is InChI=1S/C16H16ClN3O2/c1-11-12(16(17)19(2)18-11)7-8-15(21)20-9-10-22-14-6-4-3-5-13(14)20/h3-8H,9-10H2,1-2H3/b8-7+. The van der Waals surface area contributed by atoms with E-state index in [0.29, 0.717) is 18.3 Å². The Morgan fingerprint density at radius 3 is 2.91 bits per heavy atom. The van der Waals surface area contributed by atoms with Gasteiger partial charge in [-0.1, -0.05) is 23.7 Å². The van der Waals surface area contributed by atoms with Crippen molar-refractivity contribution < 1.29 is 9.53 Å². The lowest BCUT2D eigenvalue weighted by molar-refractivity contribution is -0.114. The molecule has 1 aromatic heterocycles. The fraction of sp³-hybridized carbons (Fsp3) is 0.250. The highest BCUT2D eigenvalue weighted by Crippen LogP contribution is 2.31. The van der Waals surface area contributed by atoms with Crippen molar-refractivity contribution in [3.05, 3.63) is 46.8 Å². The summed E-state index contributed by atoms with van der Waals surface area (Å²) < 4.78 is 7.14. The second kappa shape index (κ2) is 5.85. The largest absolute Gasteiger partial charge is 0.490 e. The molecule has 6 heteroatoms. The van der Waals surface area contributed by atoms with Crippen LogP contribution in [-0.2, 0) is 11.8 Å². The van der Waals surface area contributed by atoms with Gasteiger partial charge in [-0.15, -0.1) is 0 Å². The number of hydrogen-bond acceptors (Lipinski definition) is 3. The molecule has 0 aliphatic carbocycles. The summed E-state index contributed by atoms with van der Waals surface area (Å²) in [5.41, 5.74) is 2.34. The molecule has 0 bridgehead atoms. The van der Waals surface area contributed by atoms with Gasteiger partial charge in [0.15, 0.2) is 0 Å². The fourth-order valence-electron chi connectivity index (χ4n) is 2.48. The lowest BCUT2D eigenvalue weighted by Crippen LogP contribution is -2.36. The molecule has 1 aliphatic rings. The van der Waals surface area contributed by atoms with Crippen LogP contribution in [0.3, 0.4) is 0 Å². The SMILES string of the molecule is Cc1nn(C)c(Cl)c1/C=C/C(=O)N1CCOc2ccccc21. The second-order valence-electron chi connectivity index (χ2n) is 5.05. The van der Waals surface area contributed by atoms with Crippen molar-refractivity contribution in [1.82, 2.24) is 9.78 Å². The van der Waals surface area contributed by atoms with Crippen LogP contribution < -0.4 is 9.64 Å². The van der Waals surface area contributed by atoms with E-state index in [0.717, 1.165) is 22.7 Å². The number of benzene rings is 1. The minimum absolute atomic E-state index is 0.102. The number of aromatic nitrogens is 2. The fourth-order valence-corrected chi connectivity index (χ4v) is 2.72. The number of aryl methyl sites for hydroxylation is 2. The van der Waals surface area contributed by atoms with E-state index in [-0.39, 0.29) is 5.91 Å². The molecule has 5 nitrogen and oxygen atoms in total. The van der Waals surface area contributed by atoms with E-state index in [1.165, 1.54) is 6.08 Å². The molecule has 0 spiro atoms. The number of nitrogens with zero attached hydrogens (tertiary/aromatic N) is 3. The van der Waals surface area contributed by atoms with Gasteiger partial charge in [-0.25, -0.2) is 0 Å². The minimum atomic E-state index is -0.102. The first kappa shape index (κ1) is 14.7. The highest BCUT2D eigenvalue weighted by molar-refractivity contribution is 6.31. The zero-order valence-electron chi connectivity index (χ0n) is 12.4. The average molecular weight is 318 g/mol. The van der Waals surface area contributed by atoms with Gasteiger partial charge >= 0.3 is 0 Å². The van der Waals surface area contributed by atoms with Gasteiger partial charge < -0.3 is 9.64 Å². The Morgan fingerprint density at radius 1 is 1.41 bits per heavy atom. The highest BCUT2D eigenvalue weighted by Gasteiger charge is 2.21. The molecule has 0 saturated heterocycles. The van der Waals surface area contributed by atoms with E-state index in [1.807, 2.05) is 31.2 Å². The van der Waals surface area contributed by atoms with Crippen LogP contribution in [0.2, 0.25) is 5.15 Å². The predicted octanol–water partition coefficient (Wildman–Crippen LogP) is 2.82. The Hall–Kier alpha value is -2.27. The number of para-hydroxylation sites is 2. The zero-order chi connectivity index (χ0) is 15.7. The Labute approximate surface area is 133 Å². The number of rotatable bonds is 2. The van der Waals surface area contributed by atoms with E-state index in [1.54, 1.807) is 22.7 Å². The van der Waals surface area contributed by atoms with Gasteiger partial charge in [0, 0.05) is 18.7 Å². The first-order valence-electron chi connectivity index (χ1n) is 6.98. The average Bonchev–Trinajstić information content (AvgIpc) is 2.77. The van der Waals surface area contributed by atoms with E-state index < -0.39 is 0 Å². The quantitative estimate of drug-likeness (QED) is 0.800. The monoisotopic (exact) mass is 317 g/mol. The number of amides is 1. The van der Waals surface area contributed by atoms with Crippen molar-refractivity contribution in [2.75, 3.05) is 18.1 Å². The first-order chi connectivity index (χ1) is 10.6. The Bertz CT molecular complexity index is 752. The van der Waals surface area contributed by atoms with E-state index in [2.05, 4.69) is 5.10 Å². The molecule has 3 rings (SSSR count). The van der Waals surface area contributed by atoms with Crippen molar-refractivity contribution in [2.24, 2.45) is 7.05 Å². The maximum Gasteiger partial charge on any atom is 0.251 e. The molecule has 2 heterocycles. The molecular formula is C16H16ClN3O2. The van der Waals surface area contributed by atoms with Crippen LogP contribution in [0.15, 0.2) is 30.3 Å². The van der Waals surface area contributed by atoms with Gasteiger partial charge in [-0.2, -0.15) is 5.10 Å². The van der Waals surface area contributed by atoms with Crippen LogP contribution in [0.4, 0.5) is 5.69 Å². The molecule has 0 radical (unpaired) electrons. The summed E-state index contributed by atoms with van der Waals surface area (Å²) in [5, 5.41) is 4.74. The second-order valence-corrected chi connectivity index (χ2v) is 5.41. The number of carbonyl (C=O) groups excluding carboxylic acids is 1. The minimum Gasteiger partial charge on any atom is -0.490 e. The van der Waals surface area contributed by atoms with E-state index in [4.69, 9.17) is 16.3 Å². The Balaban J connectivity index is 1.85. The van der Waals surface area contributed by atoms with E-state index >= 15 is 0 Å². The molecule has 2 aromatic rings. The summed E-state index contributed by atoms with van der Waals surface area (Å²) >= 11 is 6.17. The number of anilines is 1. The molecule has 0 atom stereocenters. The topological polar surface area (TPSA) is 47.4 Å². The highest BCUT2D eigenvalue weighted by atomic mass is 35.5. The molecule has 1 aliphatic heterocycles. The summed E-state index contributed by atoms with van der Waals surface area (Å²) in [4.78, 5) is 14.2. The number of fused-ring (bicyclic) bond motifs is 1. The zero-order valence-corrected chi connectivity index (χ0v) is 13.2. The molecule has 0 saturated carbocycles. The van der Waals surface area contributed by atoms with Crippen LogP contribution >= 0.6 is 11.6 Å². The van der Waals surface area contributed by atoms with E-state index in [9.17, 15) is 4.79 Å². The summed E-state index contributed by atoms with van der Waals surface area (Å²) in [6.45, 7) is 2.88. The Kier molecular flexibility index (Phi) is 3.90. The van der Waals surface area contributed by atoms with Gasteiger partial charge in [0.25, 0.3) is 5.91 Å². The van der Waals surface area contributed by atoms with Crippen molar-refractivity contribution in [2.45, 2.75) is 6.92 Å². The summed E-state index contributed by atoms with van der Waals surface area (Å²) in [5.74, 6) is 0.626. The molecule has 0 unspecified atom stereocenters. The molecule has 1 amide bonds. The predicted molar refractivity (Wildman–Crippen MR) is 86.3 cm³/mol. The van der Waals surface area contributed by atoms with Gasteiger partial charge in [0.1, 0.15) is 17.5 Å². The summed E-state index contributed by atoms with van der Waals surface area (Å²) in [6, 6.07) is 7.52. The third kappa shape index (κ3) is 2.60. The first-order valence-corrected chi connectivity index (χ1v) is 7.36. The van der Waals surface area contributed by atoms with Crippen molar-refractivity contribution in [3.63, 3.8) is 0 Å². The lowest BCUT2D eigenvalue weighted by Gasteiger charge is -2.28. The lowest BCUT2D eigenvalue weighted by atomic mass is 10.2. The van der Waals surface area contributed by atoms with Gasteiger partial charge in [0.2, 0.25) is 0 Å². The number of ether oxygens (including phenoxy) is 1. The van der Waals surface area contributed by atoms with Gasteiger partial charge in [-0.05, 0) is 25.1 Å². The smallest absolute Gasteiger partial charge is 0.251 e. The van der Waals surface area contributed by atoms with Crippen molar-refractivity contribution in [1.29, 1.82) is 0 Å². The van der Waals surface area contributed by atoms with Crippen LogP contribution in [0, 0.1) is 6.92 Å². The van der Waals surface area contributed by atoms with Crippen LogP contribution in [-0.4, -0.2) is 28.8 Å². The summed E-state index contributed by atoms with van der Waals surface area (Å²) in [6.07, 6.45) is 3.24. The Morgan fingerprint density at radius 2 is 2.18 bits per heavy atom. The third-order valence-corrected chi connectivity index (χ3v) is 4.03. The molecule has 22 heavy (non-hydrogen) atoms. The molecular weight excluding hydrogens is 302 g/mol. The molecule has 1 aromatic carbocycles. The van der Waals surface area contributed by atoms with Gasteiger partial charge in [-0.3, -0.25) is 9.48 Å². The number of carbonyl (C=O) groups is 1. The van der Waals surface area contributed by atoms with Crippen molar-refractivity contribution in [3.8, 4) is 5.75 Å². The normalized spacial score (nSPS) is 14.0. The maximum absolute atomic E-state index is 12.5. The maximum atomic E-state index is 12.5. The molecule has 114 valence electrons. The van der Waals surface area contributed by atoms with Gasteiger partial charge in [0.05, 0.1) is 17.9 Å². The van der Waals surface area contributed by atoms with Crippen molar-refractivity contribution >= 4 is 29.3 Å². The van der Waals surface area contributed by atoms with Crippen LogP contribution in [0.5, 0.6) is 5.75 Å². The third-order valence-electron chi connectivity index (χ3n) is 3.58. The number of halogens is 1. The molecule has 0 fully saturated rings. The number of hydrogen-bond donors (Lipinski definition) is 0. The molecule has 0 N–H and O–H groups in total.